The molecule has 0 bridgehead atoms. The monoisotopic (exact) mass is 360 g/mol. The minimum atomic E-state index is -0.504. The number of allylic oxidation sites excluding steroid dienone is 1. The Labute approximate surface area is 152 Å². The molecule has 148 valence electrons. The molecule has 0 rings (SSSR count). The van der Waals surface area contributed by atoms with E-state index in [-0.39, 0.29) is 45.6 Å². The molecule has 0 aliphatic heterocycles. The van der Waals surface area contributed by atoms with E-state index in [1.807, 2.05) is 6.08 Å². The summed E-state index contributed by atoms with van der Waals surface area (Å²) < 4.78 is 15.8. The first-order valence-corrected chi connectivity index (χ1v) is 9.42. The van der Waals surface area contributed by atoms with Gasteiger partial charge in [0.15, 0.2) is 0 Å². The fraction of sp³-hybridized carbons (Fsp3) is 0.842. The van der Waals surface area contributed by atoms with Crippen molar-refractivity contribution in [2.75, 3.05) is 39.6 Å². The second kappa shape index (κ2) is 19.4. The summed E-state index contributed by atoms with van der Waals surface area (Å²) in [5.74, 6) is -0.254. The summed E-state index contributed by atoms with van der Waals surface area (Å²) in [6, 6.07) is 0. The average Bonchev–Trinajstić information content (AvgIpc) is 2.60. The van der Waals surface area contributed by atoms with Crippen LogP contribution in [0.1, 0.15) is 57.8 Å². The molecule has 0 radical (unpaired) electrons. The first-order chi connectivity index (χ1) is 12.2. The summed E-state index contributed by atoms with van der Waals surface area (Å²) in [5.41, 5.74) is 0. The number of hydrogen-bond acceptors (Lipinski definition) is 6. The molecule has 6 nitrogen and oxygen atoms in total. The van der Waals surface area contributed by atoms with Gasteiger partial charge in [0.05, 0.1) is 39.6 Å². The standard InChI is InChI=1S/C19H36O6/c1-2-3-4-5-6-7-8-9-10-11-19(22)25-18(16-23-14-12-20)17-24-15-13-21/h2,18,20-21H,1,3-17H2. The molecule has 0 aliphatic rings. The third kappa shape index (κ3) is 17.7. The topological polar surface area (TPSA) is 85.2 Å². The molecule has 0 heterocycles. The van der Waals surface area contributed by atoms with Gasteiger partial charge in [0.25, 0.3) is 0 Å². The van der Waals surface area contributed by atoms with Crippen molar-refractivity contribution in [3.63, 3.8) is 0 Å². The number of esters is 1. The smallest absolute Gasteiger partial charge is 0.306 e. The predicted molar refractivity (Wildman–Crippen MR) is 97.4 cm³/mol. The number of rotatable bonds is 19. The Morgan fingerprint density at radius 3 is 1.92 bits per heavy atom. The minimum Gasteiger partial charge on any atom is -0.457 e. The maximum absolute atomic E-state index is 11.9. The molecule has 0 atom stereocenters. The summed E-state index contributed by atoms with van der Waals surface area (Å²) >= 11 is 0. The van der Waals surface area contributed by atoms with Gasteiger partial charge >= 0.3 is 5.97 Å². The van der Waals surface area contributed by atoms with Gasteiger partial charge in [-0.25, -0.2) is 0 Å². The lowest BCUT2D eigenvalue weighted by Crippen LogP contribution is -2.29. The minimum absolute atomic E-state index is 0.0776. The zero-order chi connectivity index (χ0) is 18.6. The number of ether oxygens (including phenoxy) is 3. The van der Waals surface area contributed by atoms with Crippen molar-refractivity contribution in [1.82, 2.24) is 0 Å². The van der Waals surface area contributed by atoms with Crippen molar-refractivity contribution in [2.45, 2.75) is 63.9 Å². The summed E-state index contributed by atoms with van der Waals surface area (Å²) in [6.45, 7) is 4.32. The Balaban J connectivity index is 3.72. The fourth-order valence-electron chi connectivity index (χ4n) is 2.36. The molecule has 0 aliphatic carbocycles. The summed E-state index contributed by atoms with van der Waals surface area (Å²) in [5, 5.41) is 17.4. The molecule has 0 unspecified atom stereocenters. The normalized spacial score (nSPS) is 11.0. The van der Waals surface area contributed by atoms with Crippen molar-refractivity contribution in [3.05, 3.63) is 12.7 Å². The lowest BCUT2D eigenvalue weighted by molar-refractivity contribution is -0.156. The van der Waals surface area contributed by atoms with E-state index in [9.17, 15) is 4.79 Å². The van der Waals surface area contributed by atoms with Gasteiger partial charge < -0.3 is 24.4 Å². The number of hydrogen-bond donors (Lipinski definition) is 2. The molecular formula is C19H36O6. The van der Waals surface area contributed by atoms with Crippen LogP contribution in [0, 0.1) is 0 Å². The molecular weight excluding hydrogens is 324 g/mol. The van der Waals surface area contributed by atoms with Crippen LogP contribution in [-0.4, -0.2) is 61.9 Å². The zero-order valence-electron chi connectivity index (χ0n) is 15.5. The van der Waals surface area contributed by atoms with Crippen LogP contribution in [0.15, 0.2) is 12.7 Å². The van der Waals surface area contributed by atoms with Gasteiger partial charge in [-0.1, -0.05) is 38.2 Å². The summed E-state index contributed by atoms with van der Waals surface area (Å²) in [6.07, 6.45) is 10.9. The number of unbranched alkanes of at least 4 members (excludes halogenated alkanes) is 7. The molecule has 0 fully saturated rings. The van der Waals surface area contributed by atoms with Gasteiger partial charge in [0, 0.05) is 6.42 Å². The van der Waals surface area contributed by atoms with E-state index < -0.39 is 6.10 Å². The third-order valence-corrected chi connectivity index (χ3v) is 3.67. The third-order valence-electron chi connectivity index (χ3n) is 3.67. The van der Waals surface area contributed by atoms with Crippen LogP contribution in [0.5, 0.6) is 0 Å². The Morgan fingerprint density at radius 1 is 0.880 bits per heavy atom. The Kier molecular flexibility index (Phi) is 18.6. The lowest BCUT2D eigenvalue weighted by atomic mass is 10.1. The molecule has 0 aromatic carbocycles. The van der Waals surface area contributed by atoms with Crippen molar-refractivity contribution in [1.29, 1.82) is 0 Å². The van der Waals surface area contributed by atoms with Crippen LogP contribution in [0.3, 0.4) is 0 Å². The molecule has 2 N–H and O–H groups in total. The van der Waals surface area contributed by atoms with Gasteiger partial charge in [0.2, 0.25) is 0 Å². The van der Waals surface area contributed by atoms with E-state index in [1.54, 1.807) is 0 Å². The van der Waals surface area contributed by atoms with Crippen molar-refractivity contribution in [3.8, 4) is 0 Å². The second-order valence-electron chi connectivity index (χ2n) is 6.01. The van der Waals surface area contributed by atoms with E-state index in [0.29, 0.717) is 6.42 Å². The van der Waals surface area contributed by atoms with E-state index in [0.717, 1.165) is 25.7 Å². The van der Waals surface area contributed by atoms with Crippen molar-refractivity contribution in [2.24, 2.45) is 0 Å². The highest BCUT2D eigenvalue weighted by atomic mass is 16.6. The van der Waals surface area contributed by atoms with Crippen LogP contribution in [0.4, 0.5) is 0 Å². The average molecular weight is 360 g/mol. The molecule has 25 heavy (non-hydrogen) atoms. The largest absolute Gasteiger partial charge is 0.457 e. The summed E-state index contributed by atoms with van der Waals surface area (Å²) in [4.78, 5) is 11.9. The predicted octanol–water partition coefficient (Wildman–Crippen LogP) is 2.61. The summed E-state index contributed by atoms with van der Waals surface area (Å²) in [7, 11) is 0. The first-order valence-electron chi connectivity index (χ1n) is 9.42. The Bertz CT molecular complexity index is 298. The van der Waals surface area contributed by atoms with Crippen molar-refractivity contribution >= 4 is 5.97 Å². The number of aliphatic hydroxyl groups excluding tert-OH is 2. The molecule has 0 saturated carbocycles. The van der Waals surface area contributed by atoms with Gasteiger partial charge in [-0.15, -0.1) is 6.58 Å². The fourth-order valence-corrected chi connectivity index (χ4v) is 2.36. The molecule has 6 heteroatoms. The lowest BCUT2D eigenvalue weighted by Gasteiger charge is -2.18. The van der Waals surface area contributed by atoms with Gasteiger partial charge in [-0.2, -0.15) is 0 Å². The van der Waals surface area contributed by atoms with Gasteiger partial charge in [-0.05, 0) is 19.3 Å². The first kappa shape index (κ1) is 24.1. The van der Waals surface area contributed by atoms with E-state index in [1.165, 1.54) is 25.7 Å². The number of aliphatic hydroxyl groups is 2. The van der Waals surface area contributed by atoms with Gasteiger partial charge in [0.1, 0.15) is 6.10 Å². The number of carbonyl (C=O) groups excluding carboxylic acids is 1. The molecule has 0 amide bonds. The highest BCUT2D eigenvalue weighted by Crippen LogP contribution is 2.10. The van der Waals surface area contributed by atoms with Crippen LogP contribution < -0.4 is 0 Å². The molecule has 0 spiro atoms. The maximum Gasteiger partial charge on any atom is 0.306 e. The van der Waals surface area contributed by atoms with E-state index in [4.69, 9.17) is 24.4 Å². The SMILES string of the molecule is C=CCCCCCCCCCC(=O)OC(COCCO)COCCO. The molecule has 0 aromatic rings. The Morgan fingerprint density at radius 2 is 1.40 bits per heavy atom. The quantitative estimate of drug-likeness (QED) is 0.209. The van der Waals surface area contributed by atoms with Crippen LogP contribution >= 0.6 is 0 Å². The van der Waals surface area contributed by atoms with Crippen molar-refractivity contribution < 1.29 is 29.2 Å². The zero-order valence-corrected chi connectivity index (χ0v) is 15.5. The van der Waals surface area contributed by atoms with Crippen LogP contribution in [0.25, 0.3) is 0 Å². The van der Waals surface area contributed by atoms with E-state index in [2.05, 4.69) is 6.58 Å². The second-order valence-corrected chi connectivity index (χ2v) is 6.01. The number of carbonyl (C=O) groups is 1. The Hall–Kier alpha value is -0.950. The van der Waals surface area contributed by atoms with Crippen LogP contribution in [-0.2, 0) is 19.0 Å². The molecule has 0 aromatic heterocycles. The highest BCUT2D eigenvalue weighted by molar-refractivity contribution is 5.69. The van der Waals surface area contributed by atoms with Gasteiger partial charge in [-0.3, -0.25) is 4.79 Å². The highest BCUT2D eigenvalue weighted by Gasteiger charge is 2.15. The maximum atomic E-state index is 11.9. The van der Waals surface area contributed by atoms with E-state index >= 15 is 0 Å². The molecule has 0 saturated heterocycles. The van der Waals surface area contributed by atoms with Crippen LogP contribution in [0.2, 0.25) is 0 Å².